The fourth-order valence-corrected chi connectivity index (χ4v) is 3.67. The van der Waals surface area contributed by atoms with Crippen LogP contribution >= 0.6 is 23.2 Å². The molecule has 144 valence electrons. The van der Waals surface area contributed by atoms with E-state index in [2.05, 4.69) is 17.0 Å². The lowest BCUT2D eigenvalue weighted by Crippen LogP contribution is -2.22. The third kappa shape index (κ3) is 4.21. The van der Waals surface area contributed by atoms with Crippen LogP contribution in [0.1, 0.15) is 19.3 Å². The molecule has 0 fully saturated rings. The lowest BCUT2D eigenvalue weighted by Gasteiger charge is -2.32. The minimum Gasteiger partial charge on any atom is -0.492 e. The van der Waals surface area contributed by atoms with Crippen molar-refractivity contribution in [1.82, 2.24) is 0 Å². The highest BCUT2D eigenvalue weighted by atomic mass is 35.5. The molecule has 0 saturated heterocycles. The molecule has 5 heteroatoms. The first-order chi connectivity index (χ1) is 13.7. The molecule has 0 spiro atoms. The standard InChI is InChI=1S/C23H21Cl2NO2/c24-17-12-13-18(25)23(16-17)27-15-7-1-6-14-26-19-8-2-4-10-21(19)28-22-11-5-3-9-20(22)26/h2-5,8-13,16H,1,6-7,14-15H2. The van der Waals surface area contributed by atoms with Crippen molar-refractivity contribution in [1.29, 1.82) is 0 Å². The molecule has 0 saturated carbocycles. The number of benzene rings is 3. The number of fused-ring (bicyclic) bond motifs is 2. The summed E-state index contributed by atoms with van der Waals surface area (Å²) in [4.78, 5) is 2.34. The number of anilines is 2. The quantitative estimate of drug-likeness (QED) is 0.374. The molecule has 0 N–H and O–H groups in total. The molecule has 0 aliphatic carbocycles. The molecule has 0 atom stereocenters. The van der Waals surface area contributed by atoms with E-state index in [1.807, 2.05) is 36.4 Å². The fraction of sp³-hybridized carbons (Fsp3) is 0.217. The highest BCUT2D eigenvalue weighted by Crippen LogP contribution is 2.46. The maximum atomic E-state index is 6.13. The average Bonchev–Trinajstić information content (AvgIpc) is 2.72. The third-order valence-corrected chi connectivity index (χ3v) is 5.26. The van der Waals surface area contributed by atoms with Gasteiger partial charge < -0.3 is 14.4 Å². The van der Waals surface area contributed by atoms with Gasteiger partial charge in [-0.15, -0.1) is 0 Å². The van der Waals surface area contributed by atoms with Crippen LogP contribution in [0.3, 0.4) is 0 Å². The van der Waals surface area contributed by atoms with E-state index in [1.165, 1.54) is 0 Å². The predicted octanol–water partition coefficient (Wildman–Crippen LogP) is 7.49. The van der Waals surface area contributed by atoms with Crippen molar-refractivity contribution >= 4 is 34.6 Å². The van der Waals surface area contributed by atoms with Gasteiger partial charge in [0, 0.05) is 17.6 Å². The lowest BCUT2D eigenvalue weighted by molar-refractivity contribution is 0.306. The lowest BCUT2D eigenvalue weighted by atomic mass is 10.1. The van der Waals surface area contributed by atoms with Crippen molar-refractivity contribution in [2.24, 2.45) is 0 Å². The summed E-state index contributed by atoms with van der Waals surface area (Å²) < 4.78 is 11.8. The van der Waals surface area contributed by atoms with Crippen LogP contribution in [0.5, 0.6) is 17.2 Å². The topological polar surface area (TPSA) is 21.7 Å². The van der Waals surface area contributed by atoms with Gasteiger partial charge in [-0.1, -0.05) is 47.5 Å². The van der Waals surface area contributed by atoms with Crippen LogP contribution in [-0.2, 0) is 0 Å². The zero-order chi connectivity index (χ0) is 19.3. The molecule has 3 aromatic carbocycles. The Hall–Kier alpha value is -2.36. The molecule has 0 unspecified atom stereocenters. The number of nitrogens with zero attached hydrogens (tertiary/aromatic N) is 1. The summed E-state index contributed by atoms with van der Waals surface area (Å²) in [6.07, 6.45) is 3.06. The number of para-hydroxylation sites is 4. The number of halogens is 2. The predicted molar refractivity (Wildman–Crippen MR) is 116 cm³/mol. The number of ether oxygens (including phenoxy) is 2. The Morgan fingerprint density at radius 2 is 1.46 bits per heavy atom. The van der Waals surface area contributed by atoms with Crippen molar-refractivity contribution in [2.45, 2.75) is 19.3 Å². The first-order valence-electron chi connectivity index (χ1n) is 9.44. The third-order valence-electron chi connectivity index (χ3n) is 4.71. The van der Waals surface area contributed by atoms with E-state index in [1.54, 1.807) is 18.2 Å². The van der Waals surface area contributed by atoms with Crippen LogP contribution in [0.4, 0.5) is 11.4 Å². The summed E-state index contributed by atoms with van der Waals surface area (Å²) >= 11 is 12.1. The van der Waals surface area contributed by atoms with E-state index in [-0.39, 0.29) is 0 Å². The second-order valence-electron chi connectivity index (χ2n) is 6.67. The van der Waals surface area contributed by atoms with E-state index in [0.29, 0.717) is 22.4 Å². The average molecular weight is 414 g/mol. The first-order valence-corrected chi connectivity index (χ1v) is 10.2. The number of rotatable bonds is 7. The minimum absolute atomic E-state index is 0.589. The van der Waals surface area contributed by atoms with Crippen molar-refractivity contribution in [2.75, 3.05) is 18.1 Å². The van der Waals surface area contributed by atoms with E-state index >= 15 is 0 Å². The van der Waals surface area contributed by atoms with Gasteiger partial charge in [0.1, 0.15) is 5.75 Å². The Morgan fingerprint density at radius 3 is 2.18 bits per heavy atom. The van der Waals surface area contributed by atoms with Gasteiger partial charge in [0.2, 0.25) is 0 Å². The van der Waals surface area contributed by atoms with E-state index in [9.17, 15) is 0 Å². The Kier molecular flexibility index (Phi) is 5.94. The van der Waals surface area contributed by atoms with Crippen molar-refractivity contribution < 1.29 is 9.47 Å². The summed E-state index contributed by atoms with van der Waals surface area (Å²) in [5, 5.41) is 1.22. The second kappa shape index (κ2) is 8.76. The van der Waals surface area contributed by atoms with Crippen molar-refractivity contribution in [3.8, 4) is 17.2 Å². The number of unbranched alkanes of at least 4 members (excludes halogenated alkanes) is 2. The Labute approximate surface area is 175 Å². The Balaban J connectivity index is 1.32. The molecule has 3 aromatic rings. The van der Waals surface area contributed by atoms with E-state index in [4.69, 9.17) is 32.7 Å². The molecule has 28 heavy (non-hydrogen) atoms. The van der Waals surface area contributed by atoms with Gasteiger partial charge in [-0.2, -0.15) is 0 Å². The summed E-state index contributed by atoms with van der Waals surface area (Å²) in [6, 6.07) is 21.6. The smallest absolute Gasteiger partial charge is 0.151 e. The maximum absolute atomic E-state index is 6.13. The summed E-state index contributed by atoms with van der Waals surface area (Å²) in [5.41, 5.74) is 2.23. The van der Waals surface area contributed by atoms with Crippen LogP contribution in [0.15, 0.2) is 66.7 Å². The molecular weight excluding hydrogens is 393 g/mol. The monoisotopic (exact) mass is 413 g/mol. The molecule has 0 bridgehead atoms. The van der Waals surface area contributed by atoms with Crippen LogP contribution < -0.4 is 14.4 Å². The normalized spacial score (nSPS) is 12.1. The van der Waals surface area contributed by atoms with Crippen LogP contribution in [0, 0.1) is 0 Å². The van der Waals surface area contributed by atoms with Gasteiger partial charge in [0.05, 0.1) is 23.0 Å². The Bertz CT molecular complexity index is 915. The van der Waals surface area contributed by atoms with Crippen molar-refractivity contribution in [3.63, 3.8) is 0 Å². The van der Waals surface area contributed by atoms with Crippen molar-refractivity contribution in [3.05, 3.63) is 76.8 Å². The van der Waals surface area contributed by atoms with Crippen LogP contribution in [0.25, 0.3) is 0 Å². The first kappa shape index (κ1) is 19.0. The highest BCUT2D eigenvalue weighted by molar-refractivity contribution is 6.34. The largest absolute Gasteiger partial charge is 0.492 e. The SMILES string of the molecule is Clc1ccc(Cl)c(OCCCCCN2c3ccccc3Oc3ccccc32)c1. The van der Waals surface area contributed by atoms with Gasteiger partial charge >= 0.3 is 0 Å². The number of hydrogen-bond donors (Lipinski definition) is 0. The van der Waals surface area contributed by atoms with Gasteiger partial charge in [-0.25, -0.2) is 0 Å². The summed E-state index contributed by atoms with van der Waals surface area (Å²) in [5.74, 6) is 2.45. The number of hydrogen-bond acceptors (Lipinski definition) is 3. The van der Waals surface area contributed by atoms with Crippen LogP contribution in [-0.4, -0.2) is 13.2 Å². The van der Waals surface area contributed by atoms with Gasteiger partial charge in [-0.05, 0) is 55.7 Å². The van der Waals surface area contributed by atoms with Gasteiger partial charge in [0.15, 0.2) is 11.5 Å². The van der Waals surface area contributed by atoms with E-state index in [0.717, 1.165) is 48.7 Å². The minimum atomic E-state index is 0.589. The van der Waals surface area contributed by atoms with Gasteiger partial charge in [-0.3, -0.25) is 0 Å². The maximum Gasteiger partial charge on any atom is 0.151 e. The molecule has 1 aliphatic rings. The molecular formula is C23H21Cl2NO2. The highest BCUT2D eigenvalue weighted by Gasteiger charge is 2.22. The zero-order valence-electron chi connectivity index (χ0n) is 15.4. The van der Waals surface area contributed by atoms with E-state index < -0.39 is 0 Å². The molecule has 1 heterocycles. The molecule has 3 nitrogen and oxygen atoms in total. The van der Waals surface area contributed by atoms with Crippen LogP contribution in [0.2, 0.25) is 10.0 Å². The zero-order valence-corrected chi connectivity index (χ0v) is 16.9. The molecule has 1 aliphatic heterocycles. The fourth-order valence-electron chi connectivity index (χ4n) is 3.34. The second-order valence-corrected chi connectivity index (χ2v) is 7.52. The van der Waals surface area contributed by atoms with Gasteiger partial charge in [0.25, 0.3) is 0 Å². The molecule has 0 radical (unpaired) electrons. The molecule has 0 amide bonds. The molecule has 0 aromatic heterocycles. The summed E-state index contributed by atoms with van der Waals surface area (Å²) in [6.45, 7) is 1.55. The summed E-state index contributed by atoms with van der Waals surface area (Å²) in [7, 11) is 0. The molecule has 4 rings (SSSR count). The Morgan fingerprint density at radius 1 is 0.786 bits per heavy atom.